The Morgan fingerprint density at radius 2 is 1.91 bits per heavy atom. The SMILES string of the molecule is NCCCCOc1cccc2c1S(=O)(=O)c1ccccc1CO2. The Kier molecular flexibility index (Phi) is 4.54. The first-order chi connectivity index (χ1) is 11.1. The van der Waals surface area contributed by atoms with Crippen molar-refractivity contribution in [1.29, 1.82) is 0 Å². The molecule has 0 aliphatic carbocycles. The molecule has 0 bridgehead atoms. The van der Waals surface area contributed by atoms with E-state index in [2.05, 4.69) is 0 Å². The van der Waals surface area contributed by atoms with Gasteiger partial charge in [-0.25, -0.2) is 8.42 Å². The Hall–Kier alpha value is -2.05. The topological polar surface area (TPSA) is 78.6 Å². The molecular weight excluding hydrogens is 314 g/mol. The first-order valence-electron chi connectivity index (χ1n) is 7.56. The molecule has 0 saturated heterocycles. The van der Waals surface area contributed by atoms with Crippen molar-refractivity contribution in [2.45, 2.75) is 29.2 Å². The second-order valence-corrected chi connectivity index (χ2v) is 7.18. The van der Waals surface area contributed by atoms with Crippen LogP contribution in [0.3, 0.4) is 0 Å². The highest BCUT2D eigenvalue weighted by Crippen LogP contribution is 2.40. The van der Waals surface area contributed by atoms with Crippen LogP contribution in [-0.4, -0.2) is 21.6 Å². The molecule has 3 rings (SSSR count). The van der Waals surface area contributed by atoms with Crippen LogP contribution in [0.2, 0.25) is 0 Å². The van der Waals surface area contributed by atoms with Crippen LogP contribution < -0.4 is 15.2 Å². The maximum Gasteiger partial charge on any atom is 0.214 e. The number of hydrogen-bond donors (Lipinski definition) is 1. The van der Waals surface area contributed by atoms with E-state index in [1.165, 1.54) is 0 Å². The monoisotopic (exact) mass is 333 g/mol. The summed E-state index contributed by atoms with van der Waals surface area (Å²) >= 11 is 0. The van der Waals surface area contributed by atoms with Crippen molar-refractivity contribution in [3.8, 4) is 11.5 Å². The summed E-state index contributed by atoms with van der Waals surface area (Å²) in [6.45, 7) is 1.23. The van der Waals surface area contributed by atoms with E-state index in [1.54, 1.807) is 42.5 Å². The molecule has 1 heterocycles. The lowest BCUT2D eigenvalue weighted by Crippen LogP contribution is -2.08. The number of rotatable bonds is 5. The van der Waals surface area contributed by atoms with Crippen molar-refractivity contribution in [3.63, 3.8) is 0 Å². The lowest BCUT2D eigenvalue weighted by Gasteiger charge is -2.13. The zero-order chi connectivity index (χ0) is 16.3. The minimum absolute atomic E-state index is 0.109. The Morgan fingerprint density at radius 3 is 2.74 bits per heavy atom. The fraction of sp³-hybridized carbons (Fsp3) is 0.294. The summed E-state index contributed by atoms with van der Waals surface area (Å²) in [5.74, 6) is 0.661. The molecule has 2 aromatic carbocycles. The largest absolute Gasteiger partial charge is 0.492 e. The summed E-state index contributed by atoms with van der Waals surface area (Å²) < 4.78 is 37.5. The Morgan fingerprint density at radius 1 is 1.09 bits per heavy atom. The normalized spacial score (nSPS) is 15.0. The first-order valence-corrected chi connectivity index (χ1v) is 9.04. The quantitative estimate of drug-likeness (QED) is 0.851. The molecule has 0 radical (unpaired) electrons. The summed E-state index contributed by atoms with van der Waals surface area (Å²) in [7, 11) is -3.69. The number of fused-ring (bicyclic) bond motifs is 2. The van der Waals surface area contributed by atoms with Crippen LogP contribution in [0.5, 0.6) is 11.5 Å². The Bertz CT molecular complexity index is 802. The summed E-state index contributed by atoms with van der Waals surface area (Å²) in [5, 5.41) is 0. The highest BCUT2D eigenvalue weighted by molar-refractivity contribution is 7.91. The third-order valence-electron chi connectivity index (χ3n) is 3.71. The molecule has 0 fully saturated rings. The lowest BCUT2D eigenvalue weighted by atomic mass is 10.2. The van der Waals surface area contributed by atoms with E-state index in [0.717, 1.165) is 12.8 Å². The summed E-state index contributed by atoms with van der Waals surface area (Å²) in [4.78, 5) is 0.384. The van der Waals surface area contributed by atoms with E-state index in [1.807, 2.05) is 0 Å². The highest BCUT2D eigenvalue weighted by Gasteiger charge is 2.31. The average molecular weight is 333 g/mol. The van der Waals surface area contributed by atoms with Gasteiger partial charge in [0.2, 0.25) is 9.84 Å². The van der Waals surface area contributed by atoms with Crippen LogP contribution in [0, 0.1) is 0 Å². The maximum atomic E-state index is 13.0. The average Bonchev–Trinajstić information content (AvgIpc) is 2.67. The maximum absolute atomic E-state index is 13.0. The minimum atomic E-state index is -3.69. The fourth-order valence-corrected chi connectivity index (χ4v) is 4.30. The number of ether oxygens (including phenoxy) is 2. The van der Waals surface area contributed by atoms with Crippen molar-refractivity contribution in [2.75, 3.05) is 13.2 Å². The predicted molar refractivity (Wildman–Crippen MR) is 86.5 cm³/mol. The molecule has 0 atom stereocenters. The van der Waals surface area contributed by atoms with Gasteiger partial charge in [-0.3, -0.25) is 0 Å². The summed E-state index contributed by atoms with van der Waals surface area (Å²) in [6.07, 6.45) is 1.61. The number of hydrogen-bond acceptors (Lipinski definition) is 5. The van der Waals surface area contributed by atoms with E-state index in [-0.39, 0.29) is 16.4 Å². The lowest BCUT2D eigenvalue weighted by molar-refractivity contribution is 0.278. The Balaban J connectivity index is 2.04. The number of benzene rings is 2. The fourth-order valence-electron chi connectivity index (χ4n) is 2.57. The summed E-state index contributed by atoms with van der Waals surface area (Å²) in [6, 6.07) is 11.9. The van der Waals surface area contributed by atoms with Crippen molar-refractivity contribution in [2.24, 2.45) is 5.73 Å². The molecule has 1 aliphatic rings. The molecule has 1 aliphatic heterocycles. The van der Waals surface area contributed by atoms with Gasteiger partial charge >= 0.3 is 0 Å². The van der Waals surface area contributed by atoms with Gasteiger partial charge in [-0.15, -0.1) is 0 Å². The van der Waals surface area contributed by atoms with Gasteiger partial charge < -0.3 is 15.2 Å². The van der Waals surface area contributed by atoms with E-state index >= 15 is 0 Å². The minimum Gasteiger partial charge on any atom is -0.492 e. The van der Waals surface area contributed by atoms with E-state index in [0.29, 0.717) is 30.2 Å². The van der Waals surface area contributed by atoms with Gasteiger partial charge in [-0.05, 0) is 37.6 Å². The van der Waals surface area contributed by atoms with Crippen LogP contribution in [-0.2, 0) is 16.4 Å². The number of unbranched alkanes of at least 4 members (excludes halogenated alkanes) is 1. The Labute approximate surface area is 135 Å². The van der Waals surface area contributed by atoms with Crippen molar-refractivity contribution >= 4 is 9.84 Å². The summed E-state index contributed by atoms with van der Waals surface area (Å²) in [5.41, 5.74) is 6.11. The van der Waals surface area contributed by atoms with Crippen molar-refractivity contribution in [3.05, 3.63) is 48.0 Å². The van der Waals surface area contributed by atoms with Gasteiger partial charge in [0.25, 0.3) is 0 Å². The third-order valence-corrected chi connectivity index (χ3v) is 5.63. The molecular formula is C17H19NO4S. The highest BCUT2D eigenvalue weighted by atomic mass is 32.2. The van der Waals surface area contributed by atoms with Crippen LogP contribution in [0.1, 0.15) is 18.4 Å². The first kappa shape index (κ1) is 15.8. The smallest absolute Gasteiger partial charge is 0.214 e. The molecule has 2 N–H and O–H groups in total. The van der Waals surface area contributed by atoms with Gasteiger partial charge in [-0.2, -0.15) is 0 Å². The molecule has 0 amide bonds. The van der Waals surface area contributed by atoms with Gasteiger partial charge in [0.1, 0.15) is 18.1 Å². The second kappa shape index (κ2) is 6.60. The number of sulfone groups is 1. The van der Waals surface area contributed by atoms with Crippen LogP contribution in [0.25, 0.3) is 0 Å². The van der Waals surface area contributed by atoms with Crippen LogP contribution in [0.15, 0.2) is 52.3 Å². The van der Waals surface area contributed by atoms with Gasteiger partial charge in [0, 0.05) is 5.56 Å². The molecule has 2 aromatic rings. The molecule has 6 heteroatoms. The molecule has 0 unspecified atom stereocenters. The molecule has 0 saturated carbocycles. The van der Waals surface area contributed by atoms with Crippen LogP contribution in [0.4, 0.5) is 0 Å². The zero-order valence-corrected chi connectivity index (χ0v) is 13.5. The molecule has 23 heavy (non-hydrogen) atoms. The van der Waals surface area contributed by atoms with E-state index in [9.17, 15) is 8.42 Å². The zero-order valence-electron chi connectivity index (χ0n) is 12.7. The van der Waals surface area contributed by atoms with Gasteiger partial charge in [-0.1, -0.05) is 24.3 Å². The molecule has 0 spiro atoms. The van der Waals surface area contributed by atoms with Crippen molar-refractivity contribution < 1.29 is 17.9 Å². The third kappa shape index (κ3) is 3.04. The van der Waals surface area contributed by atoms with Gasteiger partial charge in [0.15, 0.2) is 4.90 Å². The van der Waals surface area contributed by atoms with E-state index < -0.39 is 9.84 Å². The second-order valence-electron chi connectivity index (χ2n) is 5.33. The number of nitrogens with two attached hydrogens (primary N) is 1. The van der Waals surface area contributed by atoms with Crippen LogP contribution >= 0.6 is 0 Å². The van der Waals surface area contributed by atoms with Crippen molar-refractivity contribution in [1.82, 2.24) is 0 Å². The standard InChI is InChI=1S/C17H19NO4S/c18-10-3-4-11-21-14-7-5-8-15-17(14)23(19,20)16-9-2-1-6-13(16)12-22-15/h1-2,5-9H,3-4,10-12,18H2. The van der Waals surface area contributed by atoms with E-state index in [4.69, 9.17) is 15.2 Å². The predicted octanol–water partition coefficient (Wildman–Crippen LogP) is 2.53. The van der Waals surface area contributed by atoms with Gasteiger partial charge in [0.05, 0.1) is 11.5 Å². The molecule has 122 valence electrons. The molecule has 5 nitrogen and oxygen atoms in total. The molecule has 0 aromatic heterocycles.